The van der Waals surface area contributed by atoms with E-state index < -0.39 is 9.84 Å². The van der Waals surface area contributed by atoms with Gasteiger partial charge in [-0.25, -0.2) is 8.42 Å². The molecule has 1 amide bonds. The predicted octanol–water partition coefficient (Wildman–Crippen LogP) is 3.05. The maximum atomic E-state index is 12.6. The van der Waals surface area contributed by atoms with Gasteiger partial charge in [-0.2, -0.15) is 0 Å². The van der Waals surface area contributed by atoms with Crippen LogP contribution in [0.1, 0.15) is 35.2 Å². The van der Waals surface area contributed by atoms with Crippen molar-refractivity contribution >= 4 is 33.0 Å². The van der Waals surface area contributed by atoms with Gasteiger partial charge < -0.3 is 10.6 Å². The molecule has 3 rings (SSSR count). The fourth-order valence-corrected chi connectivity index (χ4v) is 4.13. The minimum Gasteiger partial charge on any atom is -0.383 e. The zero-order valence-corrected chi connectivity index (χ0v) is 18.3. The summed E-state index contributed by atoms with van der Waals surface area (Å²) in [6, 6.07) is 9.57. The molecule has 1 aliphatic rings. The van der Waals surface area contributed by atoms with Gasteiger partial charge in [0, 0.05) is 55.0 Å². The largest absolute Gasteiger partial charge is 0.383 e. The molecule has 0 radical (unpaired) electrons. The Kier molecular flexibility index (Phi) is 7.01. The molecule has 0 bridgehead atoms. The first-order chi connectivity index (χ1) is 14.3. The Labute approximate surface area is 182 Å². The molecule has 1 atom stereocenters. The number of carbonyl (C=O) groups is 1. The molecule has 30 heavy (non-hydrogen) atoms. The number of halogens is 1. The quantitative estimate of drug-likeness (QED) is 0.610. The van der Waals surface area contributed by atoms with Gasteiger partial charge >= 0.3 is 0 Å². The summed E-state index contributed by atoms with van der Waals surface area (Å²) in [5.74, 6) is 5.90. The van der Waals surface area contributed by atoms with E-state index in [4.69, 9.17) is 11.6 Å². The second-order valence-corrected chi connectivity index (χ2v) is 10.2. The van der Waals surface area contributed by atoms with Crippen molar-refractivity contribution in [1.82, 2.24) is 10.3 Å². The first kappa shape index (κ1) is 22.1. The molecule has 1 unspecified atom stereocenters. The van der Waals surface area contributed by atoms with Crippen molar-refractivity contribution in [2.24, 2.45) is 0 Å². The van der Waals surface area contributed by atoms with E-state index in [-0.39, 0.29) is 23.6 Å². The third kappa shape index (κ3) is 5.74. The molecular formula is C22H24ClN3O3S. The molecular weight excluding hydrogens is 422 g/mol. The van der Waals surface area contributed by atoms with Crippen LogP contribution in [0.15, 0.2) is 42.7 Å². The normalized spacial score (nSPS) is 18.2. The molecule has 6 nitrogen and oxygen atoms in total. The summed E-state index contributed by atoms with van der Waals surface area (Å²) in [5, 5.41) is 6.72. The van der Waals surface area contributed by atoms with E-state index in [1.807, 2.05) is 18.2 Å². The minimum absolute atomic E-state index is 0.0496. The Morgan fingerprint density at radius 3 is 2.83 bits per heavy atom. The number of sulfone groups is 1. The first-order valence-electron chi connectivity index (χ1n) is 9.65. The molecule has 0 saturated heterocycles. The van der Waals surface area contributed by atoms with Gasteiger partial charge in [0.2, 0.25) is 0 Å². The Bertz CT molecular complexity index is 1090. The number of aromatic nitrogens is 1. The molecule has 2 aromatic rings. The highest BCUT2D eigenvalue weighted by Crippen LogP contribution is 2.36. The molecule has 1 aromatic carbocycles. The van der Waals surface area contributed by atoms with Crippen molar-refractivity contribution in [3.63, 3.8) is 0 Å². The number of amides is 1. The molecule has 2 N–H and O–H groups in total. The highest BCUT2D eigenvalue weighted by Gasteiger charge is 2.33. The average Bonchev–Trinajstić information content (AvgIpc) is 2.72. The Balaban J connectivity index is 1.77. The number of hydrogen-bond donors (Lipinski definition) is 2. The van der Waals surface area contributed by atoms with E-state index in [1.54, 1.807) is 12.3 Å². The SMILES string of the molecule is CS(=O)(=O)CCNC(=O)c1cnccc1NCC1(c2cccc(Cl)c2)CC#CCC1. The number of benzene rings is 1. The zero-order chi connectivity index (χ0) is 21.6. The van der Waals surface area contributed by atoms with Crippen molar-refractivity contribution in [2.45, 2.75) is 24.7 Å². The second kappa shape index (κ2) is 9.50. The molecule has 8 heteroatoms. The van der Waals surface area contributed by atoms with Crippen LogP contribution >= 0.6 is 11.6 Å². The monoisotopic (exact) mass is 445 g/mol. The fourth-order valence-electron chi connectivity index (χ4n) is 3.47. The summed E-state index contributed by atoms with van der Waals surface area (Å²) in [5.41, 5.74) is 1.91. The highest BCUT2D eigenvalue weighted by atomic mass is 35.5. The van der Waals surface area contributed by atoms with Crippen LogP contribution in [0.5, 0.6) is 0 Å². The van der Waals surface area contributed by atoms with Crippen LogP contribution in [-0.2, 0) is 15.3 Å². The van der Waals surface area contributed by atoms with E-state index in [1.165, 1.54) is 6.20 Å². The van der Waals surface area contributed by atoms with Crippen LogP contribution in [0, 0.1) is 11.8 Å². The third-order valence-electron chi connectivity index (χ3n) is 5.16. The van der Waals surface area contributed by atoms with Crippen LogP contribution in [0.3, 0.4) is 0 Å². The first-order valence-corrected chi connectivity index (χ1v) is 12.1. The Hall–Kier alpha value is -2.56. The van der Waals surface area contributed by atoms with Crippen molar-refractivity contribution < 1.29 is 13.2 Å². The molecule has 1 heterocycles. The molecule has 1 aromatic heterocycles. The lowest BCUT2D eigenvalue weighted by atomic mass is 9.72. The lowest BCUT2D eigenvalue weighted by Gasteiger charge is -2.35. The summed E-state index contributed by atoms with van der Waals surface area (Å²) >= 11 is 6.23. The van der Waals surface area contributed by atoms with E-state index in [9.17, 15) is 13.2 Å². The Morgan fingerprint density at radius 1 is 1.30 bits per heavy atom. The molecule has 0 fully saturated rings. The van der Waals surface area contributed by atoms with Crippen molar-refractivity contribution in [3.05, 3.63) is 58.9 Å². The highest BCUT2D eigenvalue weighted by molar-refractivity contribution is 7.90. The average molecular weight is 446 g/mol. The number of rotatable bonds is 8. The maximum absolute atomic E-state index is 12.6. The van der Waals surface area contributed by atoms with E-state index in [2.05, 4.69) is 33.5 Å². The number of carbonyl (C=O) groups excluding carboxylic acids is 1. The van der Waals surface area contributed by atoms with Crippen LogP contribution in [0.4, 0.5) is 5.69 Å². The van der Waals surface area contributed by atoms with E-state index >= 15 is 0 Å². The number of pyridine rings is 1. The van der Waals surface area contributed by atoms with Gasteiger partial charge in [-0.1, -0.05) is 23.7 Å². The number of nitrogens with zero attached hydrogens (tertiary/aromatic N) is 1. The summed E-state index contributed by atoms with van der Waals surface area (Å²) in [6.07, 6.45) is 6.60. The second-order valence-electron chi connectivity index (χ2n) is 7.48. The standard InChI is InChI=1S/C22H24ClN3O3S/c1-30(28,29)13-12-25-21(27)19-15-24-11-8-20(19)26-16-22(9-3-2-4-10-22)17-6-5-7-18(23)14-17/h5-8,11,14-15H,3,9-10,12-13,16H2,1H3,(H,24,26)(H,25,27). The smallest absolute Gasteiger partial charge is 0.254 e. The molecule has 0 spiro atoms. The van der Waals surface area contributed by atoms with Gasteiger partial charge in [-0.3, -0.25) is 9.78 Å². The van der Waals surface area contributed by atoms with Gasteiger partial charge in [-0.15, -0.1) is 11.8 Å². The zero-order valence-electron chi connectivity index (χ0n) is 16.7. The van der Waals surface area contributed by atoms with Gasteiger partial charge in [-0.05, 0) is 30.2 Å². The van der Waals surface area contributed by atoms with Crippen molar-refractivity contribution in [2.75, 3.05) is 30.4 Å². The van der Waals surface area contributed by atoms with Crippen molar-refractivity contribution in [3.8, 4) is 11.8 Å². The third-order valence-corrected chi connectivity index (χ3v) is 6.34. The summed E-state index contributed by atoms with van der Waals surface area (Å²) in [7, 11) is -3.15. The topological polar surface area (TPSA) is 88.2 Å². The number of hydrogen-bond acceptors (Lipinski definition) is 5. The van der Waals surface area contributed by atoms with Gasteiger partial charge in [0.25, 0.3) is 5.91 Å². The van der Waals surface area contributed by atoms with Crippen molar-refractivity contribution in [1.29, 1.82) is 0 Å². The van der Waals surface area contributed by atoms with Crippen LogP contribution in [-0.4, -0.2) is 44.4 Å². The summed E-state index contributed by atoms with van der Waals surface area (Å²) in [4.78, 5) is 16.6. The molecule has 1 aliphatic carbocycles. The number of anilines is 1. The van der Waals surface area contributed by atoms with Gasteiger partial charge in [0.1, 0.15) is 9.84 Å². The molecule has 0 aliphatic heterocycles. The van der Waals surface area contributed by atoms with E-state index in [0.29, 0.717) is 29.2 Å². The van der Waals surface area contributed by atoms with Crippen LogP contribution < -0.4 is 10.6 Å². The van der Waals surface area contributed by atoms with Crippen LogP contribution in [0.2, 0.25) is 5.02 Å². The van der Waals surface area contributed by atoms with Gasteiger partial charge in [0.05, 0.1) is 17.0 Å². The minimum atomic E-state index is -3.15. The summed E-state index contributed by atoms with van der Waals surface area (Å²) < 4.78 is 22.6. The predicted molar refractivity (Wildman–Crippen MR) is 120 cm³/mol. The number of nitrogens with one attached hydrogen (secondary N) is 2. The lowest BCUT2D eigenvalue weighted by Crippen LogP contribution is -2.36. The lowest BCUT2D eigenvalue weighted by molar-refractivity contribution is 0.0956. The Morgan fingerprint density at radius 2 is 2.13 bits per heavy atom. The van der Waals surface area contributed by atoms with Crippen LogP contribution in [0.25, 0.3) is 0 Å². The molecule has 158 valence electrons. The van der Waals surface area contributed by atoms with Gasteiger partial charge in [0.15, 0.2) is 0 Å². The van der Waals surface area contributed by atoms with E-state index in [0.717, 1.165) is 24.7 Å². The maximum Gasteiger partial charge on any atom is 0.254 e. The molecule has 0 saturated carbocycles. The fraction of sp³-hybridized carbons (Fsp3) is 0.364. The summed E-state index contributed by atoms with van der Waals surface area (Å²) in [6.45, 7) is 0.629.